The van der Waals surface area contributed by atoms with Gasteiger partial charge in [-0.15, -0.1) is 0 Å². The number of hydrogen-bond donors (Lipinski definition) is 1. The van der Waals surface area contributed by atoms with Gasteiger partial charge in [-0.05, 0) is 64.5 Å². The molecule has 0 saturated carbocycles. The summed E-state index contributed by atoms with van der Waals surface area (Å²) in [7, 11) is -0.396. The lowest BCUT2D eigenvalue weighted by molar-refractivity contribution is -0.124. The van der Waals surface area contributed by atoms with Gasteiger partial charge in [0.2, 0.25) is 5.91 Å². The Hall–Kier alpha value is -1.79. The number of benzene rings is 1. The van der Waals surface area contributed by atoms with Crippen LogP contribution in [-0.4, -0.2) is 28.8 Å². The third-order valence-corrected chi connectivity index (χ3v) is 5.44. The summed E-state index contributed by atoms with van der Waals surface area (Å²) in [5, 5.41) is 1.02. The van der Waals surface area contributed by atoms with Crippen molar-refractivity contribution in [1.82, 2.24) is 4.57 Å². The lowest BCUT2D eigenvalue weighted by Crippen LogP contribution is -2.41. The highest BCUT2D eigenvalue weighted by Gasteiger charge is 2.51. The molecule has 1 fully saturated rings. The Morgan fingerprint density at radius 1 is 1.12 bits per heavy atom. The molecule has 0 radical (unpaired) electrons. The lowest BCUT2D eigenvalue weighted by Gasteiger charge is -2.32. The molecule has 1 aliphatic rings. The van der Waals surface area contributed by atoms with Gasteiger partial charge in [-0.25, -0.2) is 0 Å². The van der Waals surface area contributed by atoms with Gasteiger partial charge < -0.3 is 19.6 Å². The maximum Gasteiger partial charge on any atom is 0.494 e. The van der Waals surface area contributed by atoms with Gasteiger partial charge in [-0.3, -0.25) is 4.79 Å². The third-order valence-electron chi connectivity index (χ3n) is 5.44. The van der Waals surface area contributed by atoms with Crippen LogP contribution in [0.5, 0.6) is 0 Å². The first-order valence-electron chi connectivity index (χ1n) is 8.23. The predicted molar refractivity (Wildman–Crippen MR) is 96.2 cm³/mol. The summed E-state index contributed by atoms with van der Waals surface area (Å²) < 4.78 is 14.1. The molecule has 0 spiro atoms. The van der Waals surface area contributed by atoms with Crippen molar-refractivity contribution in [2.24, 2.45) is 5.73 Å². The molecule has 1 aromatic heterocycles. The van der Waals surface area contributed by atoms with E-state index in [9.17, 15) is 4.79 Å². The second-order valence-corrected chi connectivity index (χ2v) is 8.02. The van der Waals surface area contributed by atoms with Crippen molar-refractivity contribution in [3.63, 3.8) is 0 Å². The SMILES string of the molecule is CC(C)(C(N)=O)n1ccc2cc(B3OC(C)(C)C(C)(C)O3)ccc21. The lowest BCUT2D eigenvalue weighted by atomic mass is 9.78. The van der Waals surface area contributed by atoms with E-state index in [1.165, 1.54) is 0 Å². The van der Waals surface area contributed by atoms with E-state index in [1.54, 1.807) is 0 Å². The Labute approximate surface area is 143 Å². The van der Waals surface area contributed by atoms with Gasteiger partial charge in [0, 0.05) is 11.7 Å². The molecular formula is C18H25BN2O3. The van der Waals surface area contributed by atoms with Gasteiger partial charge in [0.1, 0.15) is 5.54 Å². The second-order valence-electron chi connectivity index (χ2n) is 8.02. The summed E-state index contributed by atoms with van der Waals surface area (Å²) in [6.45, 7) is 11.8. The van der Waals surface area contributed by atoms with Crippen molar-refractivity contribution >= 4 is 29.4 Å². The van der Waals surface area contributed by atoms with Gasteiger partial charge in [-0.1, -0.05) is 12.1 Å². The molecular weight excluding hydrogens is 303 g/mol. The fourth-order valence-corrected chi connectivity index (χ4v) is 2.89. The molecule has 0 unspecified atom stereocenters. The summed E-state index contributed by atoms with van der Waals surface area (Å²) in [6.07, 6.45) is 1.89. The van der Waals surface area contributed by atoms with E-state index < -0.39 is 12.7 Å². The number of aromatic nitrogens is 1. The number of primary amides is 1. The minimum absolute atomic E-state index is 0.366. The van der Waals surface area contributed by atoms with Crippen molar-refractivity contribution in [1.29, 1.82) is 0 Å². The quantitative estimate of drug-likeness (QED) is 0.878. The number of carbonyl (C=O) groups excluding carboxylic acids is 1. The zero-order valence-electron chi connectivity index (χ0n) is 15.2. The van der Waals surface area contributed by atoms with Crippen LogP contribution in [0, 0.1) is 0 Å². The van der Waals surface area contributed by atoms with Crippen molar-refractivity contribution in [2.45, 2.75) is 58.3 Å². The summed E-state index contributed by atoms with van der Waals surface area (Å²) in [5.41, 5.74) is 5.95. The molecule has 5 nitrogen and oxygen atoms in total. The van der Waals surface area contributed by atoms with Crippen molar-refractivity contribution in [3.05, 3.63) is 30.5 Å². The van der Waals surface area contributed by atoms with Crippen LogP contribution in [-0.2, 0) is 19.6 Å². The van der Waals surface area contributed by atoms with E-state index in [0.29, 0.717) is 0 Å². The van der Waals surface area contributed by atoms with Crippen LogP contribution in [0.1, 0.15) is 41.5 Å². The summed E-state index contributed by atoms with van der Waals surface area (Å²) >= 11 is 0. The van der Waals surface area contributed by atoms with Crippen molar-refractivity contribution in [2.75, 3.05) is 0 Å². The molecule has 1 saturated heterocycles. The highest BCUT2D eigenvalue weighted by molar-refractivity contribution is 6.62. The number of hydrogen-bond acceptors (Lipinski definition) is 3. The predicted octanol–water partition coefficient (Wildman–Crippen LogP) is 2.16. The summed E-state index contributed by atoms with van der Waals surface area (Å²) in [5.74, 6) is -0.366. The van der Waals surface area contributed by atoms with Crippen LogP contribution in [0.25, 0.3) is 10.9 Å². The van der Waals surface area contributed by atoms with E-state index in [2.05, 4.69) is 0 Å². The molecule has 2 aromatic rings. The summed E-state index contributed by atoms with van der Waals surface area (Å²) in [4.78, 5) is 11.7. The molecule has 1 amide bonds. The Morgan fingerprint density at radius 2 is 1.71 bits per heavy atom. The number of nitrogens with zero attached hydrogens (tertiary/aromatic N) is 1. The normalized spacial score (nSPS) is 19.8. The minimum atomic E-state index is -0.784. The minimum Gasteiger partial charge on any atom is -0.399 e. The molecule has 1 aromatic carbocycles. The van der Waals surface area contributed by atoms with Crippen LogP contribution in [0.2, 0.25) is 0 Å². The molecule has 128 valence electrons. The van der Waals surface area contributed by atoms with E-state index in [1.807, 2.05) is 76.6 Å². The van der Waals surface area contributed by atoms with Gasteiger partial charge in [0.05, 0.1) is 11.2 Å². The number of nitrogens with two attached hydrogens (primary N) is 1. The maximum atomic E-state index is 11.7. The number of rotatable bonds is 3. The van der Waals surface area contributed by atoms with Crippen LogP contribution >= 0.6 is 0 Å². The number of fused-ring (bicyclic) bond motifs is 1. The van der Waals surface area contributed by atoms with Crippen molar-refractivity contribution < 1.29 is 14.1 Å². The van der Waals surface area contributed by atoms with E-state index in [4.69, 9.17) is 15.0 Å². The first-order chi connectivity index (χ1) is 11.0. The molecule has 2 N–H and O–H groups in total. The first-order valence-corrected chi connectivity index (χ1v) is 8.23. The van der Waals surface area contributed by atoms with E-state index in [-0.39, 0.29) is 17.1 Å². The maximum absolute atomic E-state index is 11.7. The van der Waals surface area contributed by atoms with Gasteiger partial charge in [0.15, 0.2) is 0 Å². The van der Waals surface area contributed by atoms with Crippen LogP contribution in [0.4, 0.5) is 0 Å². The highest BCUT2D eigenvalue weighted by atomic mass is 16.7. The summed E-state index contributed by atoms with van der Waals surface area (Å²) in [6, 6.07) is 8.00. The molecule has 3 rings (SSSR count). The van der Waals surface area contributed by atoms with E-state index >= 15 is 0 Å². The van der Waals surface area contributed by atoms with E-state index in [0.717, 1.165) is 16.4 Å². The Balaban J connectivity index is 1.99. The van der Waals surface area contributed by atoms with Crippen LogP contribution < -0.4 is 11.2 Å². The smallest absolute Gasteiger partial charge is 0.399 e. The average Bonchev–Trinajstić information content (AvgIpc) is 2.97. The third kappa shape index (κ3) is 2.45. The molecule has 0 aliphatic carbocycles. The Bertz CT molecular complexity index is 792. The fraction of sp³-hybridized carbons (Fsp3) is 0.500. The highest BCUT2D eigenvalue weighted by Crippen LogP contribution is 2.36. The number of carbonyl (C=O) groups is 1. The van der Waals surface area contributed by atoms with Crippen molar-refractivity contribution in [3.8, 4) is 0 Å². The molecule has 0 atom stereocenters. The number of amides is 1. The van der Waals surface area contributed by atoms with Gasteiger partial charge in [-0.2, -0.15) is 0 Å². The largest absolute Gasteiger partial charge is 0.494 e. The van der Waals surface area contributed by atoms with Gasteiger partial charge in [0.25, 0.3) is 0 Å². The molecule has 0 bridgehead atoms. The molecule has 6 heteroatoms. The van der Waals surface area contributed by atoms with Crippen LogP contribution in [0.15, 0.2) is 30.5 Å². The van der Waals surface area contributed by atoms with Crippen LogP contribution in [0.3, 0.4) is 0 Å². The zero-order chi connectivity index (χ0) is 17.9. The van der Waals surface area contributed by atoms with Gasteiger partial charge >= 0.3 is 7.12 Å². The Kier molecular flexibility index (Phi) is 3.63. The monoisotopic (exact) mass is 328 g/mol. The molecule has 24 heavy (non-hydrogen) atoms. The average molecular weight is 328 g/mol. The molecule has 2 heterocycles. The zero-order valence-corrected chi connectivity index (χ0v) is 15.2. The molecule has 1 aliphatic heterocycles. The first kappa shape index (κ1) is 17.1. The standard InChI is InChI=1S/C18H25BN2O3/c1-16(2,15(20)22)21-10-9-12-11-13(7-8-14(12)21)19-23-17(3,4)18(5,6)24-19/h7-11H,1-6H3,(H2,20,22). The fourth-order valence-electron chi connectivity index (χ4n) is 2.89. The topological polar surface area (TPSA) is 66.5 Å². The second kappa shape index (κ2) is 5.10. The Morgan fingerprint density at radius 3 is 2.25 bits per heavy atom.